The lowest BCUT2D eigenvalue weighted by atomic mass is 9.94. The van der Waals surface area contributed by atoms with E-state index in [0.717, 1.165) is 28.0 Å². The van der Waals surface area contributed by atoms with Gasteiger partial charge < -0.3 is 14.6 Å². The second-order valence-electron chi connectivity index (χ2n) is 7.93. The minimum atomic E-state index is -0.467. The zero-order valence-electron chi connectivity index (χ0n) is 19.0. The van der Waals surface area contributed by atoms with Crippen molar-refractivity contribution in [1.29, 1.82) is 0 Å². The lowest BCUT2D eigenvalue weighted by Crippen LogP contribution is -2.46. The fraction of sp³-hybridized carbons (Fsp3) is 0.320. The van der Waals surface area contributed by atoms with Gasteiger partial charge in [0.15, 0.2) is 0 Å². The lowest BCUT2D eigenvalue weighted by molar-refractivity contribution is 0.136. The zero-order chi connectivity index (χ0) is 23.4. The lowest BCUT2D eigenvalue weighted by Gasteiger charge is -2.35. The van der Waals surface area contributed by atoms with Gasteiger partial charge in [0.2, 0.25) is 5.82 Å². The van der Waals surface area contributed by atoms with Crippen LogP contribution in [0.4, 0.5) is 4.79 Å². The van der Waals surface area contributed by atoms with E-state index in [1.807, 2.05) is 63.2 Å². The fourth-order valence-corrected chi connectivity index (χ4v) is 4.17. The molecule has 4 rings (SSSR count). The van der Waals surface area contributed by atoms with Crippen molar-refractivity contribution >= 4 is 23.2 Å². The number of halogens is 1. The van der Waals surface area contributed by atoms with Crippen molar-refractivity contribution in [2.45, 2.75) is 33.2 Å². The molecule has 8 heteroatoms. The number of hydrogen-bond donors (Lipinski definition) is 1. The van der Waals surface area contributed by atoms with Gasteiger partial charge in [0.05, 0.1) is 11.6 Å². The number of aryl methyl sites for hydroxylation is 1. The van der Waals surface area contributed by atoms with Gasteiger partial charge in [-0.05, 0) is 51.0 Å². The van der Waals surface area contributed by atoms with Gasteiger partial charge in [-0.15, -0.1) is 0 Å². The first-order chi connectivity index (χ1) is 16.0. The van der Waals surface area contributed by atoms with Gasteiger partial charge in [0.25, 0.3) is 5.89 Å². The van der Waals surface area contributed by atoms with Crippen molar-refractivity contribution in [3.8, 4) is 11.4 Å². The van der Waals surface area contributed by atoms with Crippen LogP contribution >= 0.6 is 11.6 Å². The Morgan fingerprint density at radius 1 is 1.18 bits per heavy atom. The molecule has 1 aliphatic rings. The standard InChI is InChI=1S/C25H27ClN4O3/c1-4-32-13-7-12-30-17(3)21(22(27-25(30)31)18-9-6-11-20(26)15-18)24-28-23(29-33-24)19-10-5-8-16(2)14-19/h5-6,8-11,14-15,22H,4,7,12-13H2,1-3H3,(H,27,31). The molecule has 172 valence electrons. The van der Waals surface area contributed by atoms with Crippen molar-refractivity contribution in [3.63, 3.8) is 0 Å². The van der Waals surface area contributed by atoms with E-state index in [1.165, 1.54) is 0 Å². The first-order valence-electron chi connectivity index (χ1n) is 11.0. The number of nitrogens with one attached hydrogen (secondary N) is 1. The number of nitrogens with zero attached hydrogens (tertiary/aromatic N) is 3. The maximum absolute atomic E-state index is 13.0. The number of benzene rings is 2. The number of carbonyl (C=O) groups excluding carboxylic acids is 1. The smallest absolute Gasteiger partial charge is 0.322 e. The third-order valence-corrected chi connectivity index (χ3v) is 5.82. The Balaban J connectivity index is 1.75. The molecule has 7 nitrogen and oxygen atoms in total. The molecule has 1 N–H and O–H groups in total. The Hall–Kier alpha value is -3.16. The second kappa shape index (κ2) is 10.2. The molecule has 0 bridgehead atoms. The van der Waals surface area contributed by atoms with Crippen molar-refractivity contribution in [1.82, 2.24) is 20.4 Å². The largest absolute Gasteiger partial charge is 0.382 e. The highest BCUT2D eigenvalue weighted by Crippen LogP contribution is 2.38. The van der Waals surface area contributed by atoms with Crippen LogP contribution in [0.1, 0.15) is 43.3 Å². The number of aromatic nitrogens is 2. The number of urea groups is 1. The molecule has 0 aliphatic carbocycles. The topological polar surface area (TPSA) is 80.5 Å². The van der Waals surface area contributed by atoms with Gasteiger partial charge in [0.1, 0.15) is 0 Å². The molecule has 3 aromatic rings. The van der Waals surface area contributed by atoms with Crippen LogP contribution in [-0.4, -0.2) is 40.8 Å². The summed E-state index contributed by atoms with van der Waals surface area (Å²) >= 11 is 6.25. The summed E-state index contributed by atoms with van der Waals surface area (Å²) in [6.45, 7) is 7.62. The first kappa shape index (κ1) is 23.0. The highest BCUT2D eigenvalue weighted by Gasteiger charge is 2.35. The molecule has 0 spiro atoms. The fourth-order valence-electron chi connectivity index (χ4n) is 3.97. The zero-order valence-corrected chi connectivity index (χ0v) is 19.7. The number of hydrogen-bond acceptors (Lipinski definition) is 5. The number of ether oxygens (including phenoxy) is 1. The molecule has 0 saturated heterocycles. The molecular formula is C25H27ClN4O3. The minimum absolute atomic E-state index is 0.184. The van der Waals surface area contributed by atoms with E-state index in [4.69, 9.17) is 25.8 Å². The van der Waals surface area contributed by atoms with Gasteiger partial charge in [-0.1, -0.05) is 52.7 Å². The summed E-state index contributed by atoms with van der Waals surface area (Å²) < 4.78 is 11.2. The SMILES string of the molecule is CCOCCCN1C(=O)NC(c2cccc(Cl)c2)C(c2nc(-c3cccc(C)c3)no2)=C1C. The van der Waals surface area contributed by atoms with E-state index in [9.17, 15) is 4.79 Å². The molecule has 2 aromatic carbocycles. The van der Waals surface area contributed by atoms with Crippen molar-refractivity contribution in [2.75, 3.05) is 19.8 Å². The minimum Gasteiger partial charge on any atom is -0.382 e. The van der Waals surface area contributed by atoms with Crippen LogP contribution in [0.5, 0.6) is 0 Å². The predicted octanol–water partition coefficient (Wildman–Crippen LogP) is 5.62. The molecule has 1 aromatic heterocycles. The summed E-state index contributed by atoms with van der Waals surface area (Å²) in [7, 11) is 0. The molecule has 2 amide bonds. The molecule has 0 fully saturated rings. The van der Waals surface area contributed by atoms with Gasteiger partial charge >= 0.3 is 6.03 Å². The van der Waals surface area contributed by atoms with Crippen LogP contribution in [0.2, 0.25) is 5.02 Å². The van der Waals surface area contributed by atoms with E-state index >= 15 is 0 Å². The normalized spacial score (nSPS) is 16.3. The molecule has 0 radical (unpaired) electrons. The Kier molecular flexibility index (Phi) is 7.11. The molecule has 1 unspecified atom stereocenters. The highest BCUT2D eigenvalue weighted by molar-refractivity contribution is 6.30. The average Bonchev–Trinajstić information content (AvgIpc) is 3.28. The summed E-state index contributed by atoms with van der Waals surface area (Å²) in [6, 6.07) is 14.7. The van der Waals surface area contributed by atoms with Crippen LogP contribution in [-0.2, 0) is 4.74 Å². The van der Waals surface area contributed by atoms with Crippen molar-refractivity contribution in [2.24, 2.45) is 0 Å². The van der Waals surface area contributed by atoms with Crippen LogP contribution in [0, 0.1) is 6.92 Å². The summed E-state index contributed by atoms with van der Waals surface area (Å²) in [6.07, 6.45) is 0.714. The van der Waals surface area contributed by atoms with Gasteiger partial charge in [-0.2, -0.15) is 4.98 Å². The van der Waals surface area contributed by atoms with Crippen LogP contribution in [0.25, 0.3) is 17.0 Å². The monoisotopic (exact) mass is 466 g/mol. The molecule has 2 heterocycles. The Labute approximate surface area is 198 Å². The summed E-state index contributed by atoms with van der Waals surface area (Å²) in [5.74, 6) is 0.863. The van der Waals surface area contributed by atoms with E-state index in [2.05, 4.69) is 10.5 Å². The van der Waals surface area contributed by atoms with E-state index < -0.39 is 6.04 Å². The van der Waals surface area contributed by atoms with E-state index in [0.29, 0.717) is 42.9 Å². The third-order valence-electron chi connectivity index (χ3n) is 5.59. The number of amides is 2. The Bertz CT molecular complexity index is 1170. The van der Waals surface area contributed by atoms with Crippen LogP contribution in [0.3, 0.4) is 0 Å². The number of carbonyl (C=O) groups is 1. The quantitative estimate of drug-likeness (QED) is 0.435. The second-order valence-corrected chi connectivity index (χ2v) is 8.37. The Morgan fingerprint density at radius 3 is 2.76 bits per heavy atom. The molecule has 1 aliphatic heterocycles. The summed E-state index contributed by atoms with van der Waals surface area (Å²) in [4.78, 5) is 19.4. The van der Waals surface area contributed by atoms with Gasteiger partial charge in [0, 0.05) is 36.0 Å². The summed E-state index contributed by atoms with van der Waals surface area (Å²) in [5, 5.41) is 7.89. The Morgan fingerprint density at radius 2 is 2.00 bits per heavy atom. The average molecular weight is 467 g/mol. The molecule has 0 saturated carbocycles. The van der Waals surface area contributed by atoms with Gasteiger partial charge in [-0.3, -0.25) is 4.90 Å². The third kappa shape index (κ3) is 5.10. The number of rotatable bonds is 8. The van der Waals surface area contributed by atoms with Crippen LogP contribution in [0.15, 0.2) is 58.8 Å². The van der Waals surface area contributed by atoms with Crippen LogP contribution < -0.4 is 5.32 Å². The van der Waals surface area contributed by atoms with Gasteiger partial charge in [-0.25, -0.2) is 4.79 Å². The van der Waals surface area contributed by atoms with E-state index in [-0.39, 0.29) is 6.03 Å². The molecular weight excluding hydrogens is 440 g/mol. The van der Waals surface area contributed by atoms with Crippen molar-refractivity contribution < 1.29 is 14.1 Å². The molecule has 1 atom stereocenters. The first-order valence-corrected chi connectivity index (χ1v) is 11.4. The molecule has 33 heavy (non-hydrogen) atoms. The maximum atomic E-state index is 13.0. The maximum Gasteiger partial charge on any atom is 0.322 e. The predicted molar refractivity (Wildman–Crippen MR) is 128 cm³/mol. The highest BCUT2D eigenvalue weighted by atomic mass is 35.5. The summed E-state index contributed by atoms with van der Waals surface area (Å²) in [5.41, 5.74) is 4.33. The number of allylic oxidation sites excluding steroid dienone is 1. The van der Waals surface area contributed by atoms with Crippen molar-refractivity contribution in [3.05, 3.63) is 76.3 Å². The van der Waals surface area contributed by atoms with E-state index in [1.54, 1.807) is 11.0 Å².